The molecule has 2 rings (SSSR count). The molecule has 2 heterocycles. The van der Waals surface area contributed by atoms with Gasteiger partial charge in [-0.25, -0.2) is 0 Å². The topological polar surface area (TPSA) is 44.4 Å². The van der Waals surface area contributed by atoms with Gasteiger partial charge in [-0.05, 0) is 58.2 Å². The van der Waals surface area contributed by atoms with Gasteiger partial charge >= 0.3 is 0 Å². The molecule has 0 saturated carbocycles. The molecular weight excluding hydrogens is 238 g/mol. The first-order valence-corrected chi connectivity index (χ1v) is 7.86. The Balaban J connectivity index is 1.92. The molecule has 2 saturated heterocycles. The third kappa shape index (κ3) is 3.69. The van der Waals surface area contributed by atoms with Gasteiger partial charge in [0.1, 0.15) is 0 Å². The summed E-state index contributed by atoms with van der Waals surface area (Å²) in [6.45, 7) is 9.70. The van der Waals surface area contributed by atoms with Crippen LogP contribution in [0.5, 0.6) is 0 Å². The van der Waals surface area contributed by atoms with E-state index in [-0.39, 0.29) is 18.0 Å². The maximum Gasteiger partial charge on any atom is 0.237 e. The summed E-state index contributed by atoms with van der Waals surface area (Å²) in [4.78, 5) is 14.9. The van der Waals surface area contributed by atoms with E-state index in [9.17, 15) is 4.79 Å². The molecule has 0 aromatic carbocycles. The molecule has 2 aliphatic rings. The summed E-state index contributed by atoms with van der Waals surface area (Å²) in [5.74, 6) is 0.745. The smallest absolute Gasteiger partial charge is 0.237 e. The number of likely N-dealkylation sites (tertiary alicyclic amines) is 1. The number of hydrogen-bond acceptors (Lipinski definition) is 3. The predicted octanol–water partition coefficient (Wildman–Crippen LogP) is 1.36. The summed E-state index contributed by atoms with van der Waals surface area (Å²) < 4.78 is 0. The van der Waals surface area contributed by atoms with Crippen molar-refractivity contribution >= 4 is 5.91 Å². The molecule has 19 heavy (non-hydrogen) atoms. The second-order valence-electron chi connectivity index (χ2n) is 6.42. The van der Waals surface area contributed by atoms with Crippen molar-refractivity contribution in [1.29, 1.82) is 0 Å². The monoisotopic (exact) mass is 267 g/mol. The number of hydrogen-bond donors (Lipinski definition) is 2. The van der Waals surface area contributed by atoms with E-state index in [1.165, 1.54) is 12.8 Å². The molecule has 0 aromatic heterocycles. The van der Waals surface area contributed by atoms with Crippen LogP contribution in [0.1, 0.15) is 46.5 Å². The number of carbonyl (C=O) groups excluding carboxylic acids is 1. The third-order valence-corrected chi connectivity index (χ3v) is 4.74. The minimum Gasteiger partial charge on any atom is -0.352 e. The van der Waals surface area contributed by atoms with E-state index in [0.29, 0.717) is 12.0 Å². The first-order valence-electron chi connectivity index (χ1n) is 7.86. The summed E-state index contributed by atoms with van der Waals surface area (Å²) >= 11 is 0. The van der Waals surface area contributed by atoms with Gasteiger partial charge in [-0.15, -0.1) is 0 Å². The highest BCUT2D eigenvalue weighted by molar-refractivity contribution is 5.82. The van der Waals surface area contributed by atoms with Gasteiger partial charge in [0.15, 0.2) is 0 Å². The maximum atomic E-state index is 12.4. The molecule has 2 aliphatic heterocycles. The van der Waals surface area contributed by atoms with Crippen molar-refractivity contribution < 1.29 is 4.79 Å². The van der Waals surface area contributed by atoms with Crippen molar-refractivity contribution in [3.05, 3.63) is 0 Å². The van der Waals surface area contributed by atoms with Gasteiger partial charge in [0, 0.05) is 12.1 Å². The van der Waals surface area contributed by atoms with Gasteiger partial charge in [-0.3, -0.25) is 9.69 Å². The number of amides is 1. The molecule has 0 aromatic rings. The molecule has 0 bridgehead atoms. The Morgan fingerprint density at radius 3 is 2.53 bits per heavy atom. The van der Waals surface area contributed by atoms with Gasteiger partial charge < -0.3 is 10.6 Å². The Morgan fingerprint density at radius 1 is 1.21 bits per heavy atom. The van der Waals surface area contributed by atoms with Crippen LogP contribution < -0.4 is 10.6 Å². The summed E-state index contributed by atoms with van der Waals surface area (Å²) in [5.41, 5.74) is 0. The van der Waals surface area contributed by atoms with Crippen LogP contribution in [0.4, 0.5) is 0 Å². The van der Waals surface area contributed by atoms with Crippen LogP contribution in [0.3, 0.4) is 0 Å². The molecule has 110 valence electrons. The lowest BCUT2D eigenvalue weighted by Crippen LogP contribution is -2.52. The zero-order valence-corrected chi connectivity index (χ0v) is 12.6. The van der Waals surface area contributed by atoms with Gasteiger partial charge in [0.25, 0.3) is 0 Å². The zero-order valence-electron chi connectivity index (χ0n) is 12.6. The quantitative estimate of drug-likeness (QED) is 0.808. The van der Waals surface area contributed by atoms with Gasteiger partial charge in [0.05, 0.1) is 6.04 Å². The van der Waals surface area contributed by atoms with Crippen molar-refractivity contribution in [2.24, 2.45) is 5.92 Å². The molecule has 0 spiro atoms. The van der Waals surface area contributed by atoms with E-state index < -0.39 is 0 Å². The Bertz CT molecular complexity index is 300. The lowest BCUT2D eigenvalue weighted by Gasteiger charge is -2.35. The van der Waals surface area contributed by atoms with Crippen LogP contribution in [-0.2, 0) is 4.79 Å². The first-order chi connectivity index (χ1) is 9.09. The number of piperidine rings is 1. The molecule has 0 aliphatic carbocycles. The molecule has 2 atom stereocenters. The van der Waals surface area contributed by atoms with E-state index in [0.717, 1.165) is 32.5 Å². The first kappa shape index (κ1) is 14.8. The van der Waals surface area contributed by atoms with Gasteiger partial charge in [-0.2, -0.15) is 0 Å². The maximum absolute atomic E-state index is 12.4. The summed E-state index contributed by atoms with van der Waals surface area (Å²) in [6.07, 6.45) is 4.56. The second kappa shape index (κ2) is 6.71. The van der Waals surface area contributed by atoms with E-state index in [1.54, 1.807) is 0 Å². The van der Waals surface area contributed by atoms with E-state index in [2.05, 4.69) is 36.3 Å². The van der Waals surface area contributed by atoms with Crippen LogP contribution in [0.15, 0.2) is 0 Å². The fourth-order valence-electron chi connectivity index (χ4n) is 3.13. The highest BCUT2D eigenvalue weighted by Gasteiger charge is 2.36. The summed E-state index contributed by atoms with van der Waals surface area (Å²) in [5, 5.41) is 6.60. The van der Waals surface area contributed by atoms with Crippen molar-refractivity contribution in [3.63, 3.8) is 0 Å². The molecule has 2 unspecified atom stereocenters. The molecule has 4 nitrogen and oxygen atoms in total. The average Bonchev–Trinajstić information content (AvgIpc) is 2.88. The highest BCUT2D eigenvalue weighted by atomic mass is 16.2. The largest absolute Gasteiger partial charge is 0.352 e. The van der Waals surface area contributed by atoms with Crippen molar-refractivity contribution in [3.8, 4) is 0 Å². The Labute approximate surface area is 117 Å². The van der Waals surface area contributed by atoms with E-state index in [1.807, 2.05) is 0 Å². The normalized spacial score (nSPS) is 27.7. The van der Waals surface area contributed by atoms with Crippen LogP contribution in [-0.4, -0.2) is 48.6 Å². The van der Waals surface area contributed by atoms with Crippen molar-refractivity contribution in [1.82, 2.24) is 15.5 Å². The number of nitrogens with zero attached hydrogens (tertiary/aromatic N) is 1. The van der Waals surface area contributed by atoms with Crippen LogP contribution in [0, 0.1) is 5.92 Å². The van der Waals surface area contributed by atoms with Crippen LogP contribution in [0.2, 0.25) is 0 Å². The zero-order chi connectivity index (χ0) is 13.8. The highest BCUT2D eigenvalue weighted by Crippen LogP contribution is 2.24. The van der Waals surface area contributed by atoms with Gasteiger partial charge in [-0.1, -0.05) is 13.8 Å². The van der Waals surface area contributed by atoms with Crippen molar-refractivity contribution in [2.45, 2.75) is 64.6 Å². The lowest BCUT2D eigenvalue weighted by molar-refractivity contribution is -0.127. The minimum atomic E-state index is 0.115. The predicted molar refractivity (Wildman–Crippen MR) is 78.1 cm³/mol. The number of rotatable bonds is 4. The average molecular weight is 267 g/mol. The lowest BCUT2D eigenvalue weighted by atomic mass is 10.0. The fourth-order valence-corrected chi connectivity index (χ4v) is 3.13. The van der Waals surface area contributed by atoms with Crippen LogP contribution in [0.25, 0.3) is 0 Å². The molecular formula is C15H29N3O. The van der Waals surface area contributed by atoms with Crippen LogP contribution >= 0.6 is 0 Å². The molecule has 0 radical (unpaired) electrons. The Morgan fingerprint density at radius 2 is 1.89 bits per heavy atom. The summed E-state index contributed by atoms with van der Waals surface area (Å²) in [6, 6.07) is 0.987. The molecule has 1 amide bonds. The third-order valence-electron chi connectivity index (χ3n) is 4.74. The summed E-state index contributed by atoms with van der Waals surface area (Å²) in [7, 11) is 0. The Kier molecular flexibility index (Phi) is 5.22. The van der Waals surface area contributed by atoms with Crippen molar-refractivity contribution in [2.75, 3.05) is 19.6 Å². The van der Waals surface area contributed by atoms with E-state index >= 15 is 0 Å². The van der Waals surface area contributed by atoms with E-state index in [4.69, 9.17) is 0 Å². The molecule has 2 N–H and O–H groups in total. The Hall–Kier alpha value is -0.610. The second-order valence-corrected chi connectivity index (χ2v) is 6.42. The molecule has 2 fully saturated rings. The number of nitrogens with one attached hydrogen (secondary N) is 2. The minimum absolute atomic E-state index is 0.115. The van der Waals surface area contributed by atoms with Gasteiger partial charge in [0.2, 0.25) is 5.91 Å². The number of carbonyl (C=O) groups is 1. The SMILES string of the molecule is CC(C)C(C)NC(=O)C1CCCN1C1CCNCC1. The standard InChI is InChI=1S/C15H29N3O/c1-11(2)12(3)17-15(19)14-5-4-10-18(14)13-6-8-16-9-7-13/h11-14,16H,4-10H2,1-3H3,(H,17,19). The molecule has 4 heteroatoms. The fraction of sp³-hybridized carbons (Fsp3) is 0.933.